The Bertz CT molecular complexity index is 1210. The molecule has 9 nitrogen and oxygen atoms in total. The zero-order valence-corrected chi connectivity index (χ0v) is 18.4. The van der Waals surface area contributed by atoms with Crippen LogP contribution >= 0.6 is 0 Å². The molecule has 2 aromatic carbocycles. The number of rotatable bonds is 9. The van der Waals surface area contributed by atoms with Crippen LogP contribution in [0, 0.1) is 0 Å². The molecular formula is C22H23N3O6S. The Balaban J connectivity index is 1.67. The lowest BCUT2D eigenvalue weighted by molar-refractivity contribution is 0.0943. The van der Waals surface area contributed by atoms with Gasteiger partial charge < -0.3 is 19.8 Å². The fourth-order valence-corrected chi connectivity index (χ4v) is 3.85. The molecule has 0 fully saturated rings. The number of amides is 2. The molecule has 0 saturated carbocycles. The van der Waals surface area contributed by atoms with Crippen molar-refractivity contribution in [3.63, 3.8) is 0 Å². The van der Waals surface area contributed by atoms with Crippen LogP contribution < -0.4 is 20.1 Å². The third kappa shape index (κ3) is 5.54. The third-order valence-corrected chi connectivity index (χ3v) is 6.07. The predicted molar refractivity (Wildman–Crippen MR) is 117 cm³/mol. The van der Waals surface area contributed by atoms with Crippen LogP contribution in [-0.4, -0.2) is 34.4 Å². The average Bonchev–Trinajstić information content (AvgIpc) is 3.34. The van der Waals surface area contributed by atoms with Crippen LogP contribution in [0.25, 0.3) is 0 Å². The molecule has 0 aliphatic rings. The van der Waals surface area contributed by atoms with Gasteiger partial charge in [-0.25, -0.2) is 13.1 Å². The summed E-state index contributed by atoms with van der Waals surface area (Å²) in [5, 5.41) is 5.49. The highest BCUT2D eigenvalue weighted by Crippen LogP contribution is 2.24. The van der Waals surface area contributed by atoms with Crippen LogP contribution in [0.3, 0.4) is 0 Å². The van der Waals surface area contributed by atoms with Crippen LogP contribution in [0.15, 0.2) is 70.2 Å². The summed E-state index contributed by atoms with van der Waals surface area (Å²) in [7, 11) is -1.18. The zero-order chi connectivity index (χ0) is 23.1. The van der Waals surface area contributed by atoms with E-state index in [2.05, 4.69) is 15.4 Å². The minimum atomic E-state index is -3.81. The van der Waals surface area contributed by atoms with Crippen LogP contribution in [0.5, 0.6) is 5.75 Å². The van der Waals surface area contributed by atoms with E-state index in [0.29, 0.717) is 16.9 Å². The normalized spacial score (nSPS) is 11.1. The molecule has 1 aromatic heterocycles. The Kier molecular flexibility index (Phi) is 7.29. The Morgan fingerprint density at radius 2 is 1.66 bits per heavy atom. The van der Waals surface area contributed by atoms with Crippen LogP contribution in [0.2, 0.25) is 0 Å². The Morgan fingerprint density at radius 3 is 2.31 bits per heavy atom. The highest BCUT2D eigenvalue weighted by Gasteiger charge is 2.20. The number of ether oxygens (including phenoxy) is 1. The second-order valence-electron chi connectivity index (χ2n) is 6.72. The number of hydrogen-bond donors (Lipinski definition) is 3. The van der Waals surface area contributed by atoms with Crippen molar-refractivity contribution in [1.82, 2.24) is 15.4 Å². The number of nitrogens with one attached hydrogen (secondary N) is 3. The van der Waals surface area contributed by atoms with Gasteiger partial charge in [-0.05, 0) is 55.1 Å². The molecule has 0 saturated heterocycles. The SMILES string of the molecule is CNS(=O)(=O)c1cc(C(=O)NCc2cccc(C(=O)NCc3ccco3)c2)ccc1OC. The van der Waals surface area contributed by atoms with Gasteiger partial charge in [-0.15, -0.1) is 0 Å². The van der Waals surface area contributed by atoms with Crippen LogP contribution in [-0.2, 0) is 23.1 Å². The van der Waals surface area contributed by atoms with Gasteiger partial charge in [0.1, 0.15) is 16.4 Å². The monoisotopic (exact) mass is 457 g/mol. The highest BCUT2D eigenvalue weighted by atomic mass is 32.2. The summed E-state index contributed by atoms with van der Waals surface area (Å²) in [6, 6.07) is 14.5. The fourth-order valence-electron chi connectivity index (χ4n) is 2.93. The molecule has 3 N–H and O–H groups in total. The quantitative estimate of drug-likeness (QED) is 0.451. The van der Waals surface area contributed by atoms with E-state index in [4.69, 9.17) is 9.15 Å². The molecule has 0 aliphatic carbocycles. The zero-order valence-electron chi connectivity index (χ0n) is 17.5. The van der Waals surface area contributed by atoms with Crippen molar-refractivity contribution in [3.05, 3.63) is 83.3 Å². The molecule has 0 aliphatic heterocycles. The summed E-state index contributed by atoms with van der Waals surface area (Å²) >= 11 is 0. The number of benzene rings is 2. The van der Waals surface area contributed by atoms with Crippen molar-refractivity contribution in [2.24, 2.45) is 0 Å². The van der Waals surface area contributed by atoms with E-state index in [-0.39, 0.29) is 35.2 Å². The summed E-state index contributed by atoms with van der Waals surface area (Å²) in [4.78, 5) is 24.8. The molecule has 32 heavy (non-hydrogen) atoms. The van der Waals surface area contributed by atoms with E-state index in [9.17, 15) is 18.0 Å². The molecule has 0 radical (unpaired) electrons. The topological polar surface area (TPSA) is 127 Å². The van der Waals surface area contributed by atoms with E-state index in [1.54, 1.807) is 36.4 Å². The molecule has 0 bridgehead atoms. The van der Waals surface area contributed by atoms with Crippen molar-refractivity contribution in [3.8, 4) is 5.75 Å². The van der Waals surface area contributed by atoms with Gasteiger partial charge in [0, 0.05) is 17.7 Å². The second kappa shape index (κ2) is 10.1. The van der Waals surface area contributed by atoms with E-state index >= 15 is 0 Å². The summed E-state index contributed by atoms with van der Waals surface area (Å²) in [6.07, 6.45) is 1.53. The van der Waals surface area contributed by atoms with E-state index in [0.717, 1.165) is 0 Å². The molecule has 0 spiro atoms. The lowest BCUT2D eigenvalue weighted by atomic mass is 10.1. The molecular weight excluding hydrogens is 434 g/mol. The molecule has 0 unspecified atom stereocenters. The molecule has 10 heteroatoms. The van der Waals surface area contributed by atoms with Gasteiger partial charge in [-0.3, -0.25) is 9.59 Å². The van der Waals surface area contributed by atoms with Gasteiger partial charge in [-0.2, -0.15) is 0 Å². The van der Waals surface area contributed by atoms with Crippen molar-refractivity contribution in [2.45, 2.75) is 18.0 Å². The first kappa shape index (κ1) is 23.0. The van der Waals surface area contributed by atoms with Crippen molar-refractivity contribution >= 4 is 21.8 Å². The summed E-state index contributed by atoms with van der Waals surface area (Å²) in [5.74, 6) is 0.0320. The van der Waals surface area contributed by atoms with Gasteiger partial charge in [0.15, 0.2) is 0 Å². The van der Waals surface area contributed by atoms with Gasteiger partial charge >= 0.3 is 0 Å². The first-order chi connectivity index (χ1) is 15.3. The minimum absolute atomic E-state index is 0.129. The lowest BCUT2D eigenvalue weighted by Crippen LogP contribution is -2.25. The third-order valence-electron chi connectivity index (χ3n) is 4.63. The number of carbonyl (C=O) groups is 2. The average molecular weight is 458 g/mol. The first-order valence-electron chi connectivity index (χ1n) is 9.63. The molecule has 1 heterocycles. The summed E-state index contributed by atoms with van der Waals surface area (Å²) in [6.45, 7) is 0.417. The molecule has 2 amide bonds. The summed E-state index contributed by atoms with van der Waals surface area (Å²) < 4.78 is 36.9. The standard InChI is InChI=1S/C22H23N3O6S/c1-23-32(28,29)20-12-17(8-9-19(20)30-2)22(27)24-13-15-5-3-6-16(11-15)21(26)25-14-18-7-4-10-31-18/h3-12,23H,13-14H2,1-2H3,(H,24,27)(H,25,26). The maximum atomic E-state index is 12.6. The predicted octanol–water partition coefficient (Wildman–Crippen LogP) is 2.06. The number of hydrogen-bond acceptors (Lipinski definition) is 6. The summed E-state index contributed by atoms with van der Waals surface area (Å²) in [5.41, 5.74) is 1.31. The number of carbonyl (C=O) groups excluding carboxylic acids is 2. The first-order valence-corrected chi connectivity index (χ1v) is 11.1. The maximum absolute atomic E-state index is 12.6. The molecule has 0 atom stereocenters. The highest BCUT2D eigenvalue weighted by molar-refractivity contribution is 7.89. The van der Waals surface area contributed by atoms with Gasteiger partial charge in [0.05, 0.1) is 19.9 Å². The largest absolute Gasteiger partial charge is 0.495 e. The van der Waals surface area contributed by atoms with E-state index in [1.165, 1.54) is 38.6 Å². The van der Waals surface area contributed by atoms with Crippen LogP contribution in [0.1, 0.15) is 32.0 Å². The van der Waals surface area contributed by atoms with Crippen molar-refractivity contribution in [1.29, 1.82) is 0 Å². The minimum Gasteiger partial charge on any atom is -0.495 e. The molecule has 3 aromatic rings. The lowest BCUT2D eigenvalue weighted by Gasteiger charge is -2.11. The fraction of sp³-hybridized carbons (Fsp3) is 0.182. The van der Waals surface area contributed by atoms with Crippen molar-refractivity contribution < 1.29 is 27.2 Å². The molecule has 168 valence electrons. The second-order valence-corrected chi connectivity index (χ2v) is 8.57. The Labute approximate surface area is 185 Å². The maximum Gasteiger partial charge on any atom is 0.251 e. The van der Waals surface area contributed by atoms with Crippen LogP contribution in [0.4, 0.5) is 0 Å². The van der Waals surface area contributed by atoms with E-state index in [1.807, 2.05) is 0 Å². The van der Waals surface area contributed by atoms with Gasteiger partial charge in [0.2, 0.25) is 10.0 Å². The number of methoxy groups -OCH3 is 1. The van der Waals surface area contributed by atoms with Gasteiger partial charge in [-0.1, -0.05) is 12.1 Å². The smallest absolute Gasteiger partial charge is 0.251 e. The van der Waals surface area contributed by atoms with Gasteiger partial charge in [0.25, 0.3) is 11.8 Å². The number of sulfonamides is 1. The van der Waals surface area contributed by atoms with E-state index < -0.39 is 15.9 Å². The Hall–Kier alpha value is -3.63. The van der Waals surface area contributed by atoms with Crippen molar-refractivity contribution in [2.75, 3.05) is 14.2 Å². The number of furan rings is 1. The molecule has 3 rings (SSSR count). The Morgan fingerprint density at radius 1 is 0.938 bits per heavy atom.